The van der Waals surface area contributed by atoms with Crippen molar-refractivity contribution in [3.8, 4) is 0 Å². The van der Waals surface area contributed by atoms with Gasteiger partial charge in [0.05, 0.1) is 4.92 Å². The zero-order valence-corrected chi connectivity index (χ0v) is 11.5. The van der Waals surface area contributed by atoms with Crippen LogP contribution in [0.25, 0.3) is 0 Å². The van der Waals surface area contributed by atoms with Crippen LogP contribution >= 0.6 is 0 Å². The SMILES string of the molecule is CC(C)(CN)NS(=O)(=O)c1cc([N+](=O)[O-])c(F)cc1F. The van der Waals surface area contributed by atoms with Crippen molar-refractivity contribution in [3.05, 3.63) is 33.9 Å². The van der Waals surface area contributed by atoms with E-state index >= 15 is 0 Å². The van der Waals surface area contributed by atoms with Gasteiger partial charge >= 0.3 is 5.69 Å². The Kier molecular flexibility index (Phi) is 4.42. The molecule has 0 saturated carbocycles. The number of nitrogens with one attached hydrogen (secondary N) is 1. The van der Waals surface area contributed by atoms with E-state index in [4.69, 9.17) is 5.73 Å². The van der Waals surface area contributed by atoms with Crippen molar-refractivity contribution in [2.24, 2.45) is 5.73 Å². The molecule has 1 rings (SSSR count). The largest absolute Gasteiger partial charge is 0.329 e. The topological polar surface area (TPSA) is 115 Å². The average molecular weight is 309 g/mol. The van der Waals surface area contributed by atoms with E-state index in [9.17, 15) is 27.3 Å². The van der Waals surface area contributed by atoms with E-state index in [1.165, 1.54) is 13.8 Å². The van der Waals surface area contributed by atoms with Gasteiger partial charge < -0.3 is 5.73 Å². The third-order valence-electron chi connectivity index (χ3n) is 2.41. The summed E-state index contributed by atoms with van der Waals surface area (Å²) in [5, 5.41) is 10.6. The standard InChI is InChI=1S/C10H13F2N3O4S/c1-10(2,5-13)14-20(18,19)9-4-8(15(16)17)6(11)3-7(9)12/h3-4,14H,5,13H2,1-2H3. The molecule has 10 heteroatoms. The van der Waals surface area contributed by atoms with Gasteiger partial charge in [0.1, 0.15) is 10.7 Å². The number of halogens is 2. The first-order chi connectivity index (χ1) is 9.00. The molecule has 7 nitrogen and oxygen atoms in total. The molecular formula is C10H13F2N3O4S. The molecule has 1 aromatic rings. The molecule has 3 N–H and O–H groups in total. The highest BCUT2D eigenvalue weighted by atomic mass is 32.2. The summed E-state index contributed by atoms with van der Waals surface area (Å²) < 4.78 is 52.7. The zero-order valence-electron chi connectivity index (χ0n) is 10.7. The van der Waals surface area contributed by atoms with Crippen molar-refractivity contribution < 1.29 is 22.1 Å². The summed E-state index contributed by atoms with van der Waals surface area (Å²) in [4.78, 5) is 8.42. The lowest BCUT2D eigenvalue weighted by Crippen LogP contribution is -2.48. The minimum Gasteiger partial charge on any atom is -0.329 e. The second-order valence-electron chi connectivity index (χ2n) is 4.68. The van der Waals surface area contributed by atoms with Gasteiger partial charge in [0.2, 0.25) is 15.8 Å². The fourth-order valence-electron chi connectivity index (χ4n) is 1.32. The Hall–Kier alpha value is -1.65. The van der Waals surface area contributed by atoms with Crippen LogP contribution in [0.1, 0.15) is 13.8 Å². The van der Waals surface area contributed by atoms with Crippen LogP contribution in [-0.4, -0.2) is 25.4 Å². The molecule has 0 fully saturated rings. The highest BCUT2D eigenvalue weighted by molar-refractivity contribution is 7.89. The Morgan fingerprint density at radius 3 is 2.35 bits per heavy atom. The normalized spacial score (nSPS) is 12.4. The van der Waals surface area contributed by atoms with Gasteiger partial charge in [0.15, 0.2) is 0 Å². The van der Waals surface area contributed by atoms with Crippen LogP contribution in [0.3, 0.4) is 0 Å². The number of sulfonamides is 1. The number of benzene rings is 1. The van der Waals surface area contributed by atoms with Crippen molar-refractivity contribution in [2.45, 2.75) is 24.3 Å². The van der Waals surface area contributed by atoms with Crippen LogP contribution in [0.4, 0.5) is 14.5 Å². The van der Waals surface area contributed by atoms with Gasteiger partial charge in [-0.2, -0.15) is 4.39 Å². The number of hydrogen-bond acceptors (Lipinski definition) is 5. The Morgan fingerprint density at radius 1 is 1.35 bits per heavy atom. The Bertz CT molecular complexity index is 646. The lowest BCUT2D eigenvalue weighted by atomic mass is 10.1. The van der Waals surface area contributed by atoms with Crippen molar-refractivity contribution >= 4 is 15.7 Å². The summed E-state index contributed by atoms with van der Waals surface area (Å²) >= 11 is 0. The van der Waals surface area contributed by atoms with Gasteiger partial charge in [-0.15, -0.1) is 0 Å². The maximum Gasteiger partial charge on any atom is 0.306 e. The fourth-order valence-corrected chi connectivity index (χ4v) is 2.83. The fraction of sp³-hybridized carbons (Fsp3) is 0.400. The number of nitro benzene ring substituents is 1. The minimum atomic E-state index is -4.41. The number of rotatable bonds is 5. The lowest BCUT2D eigenvalue weighted by molar-refractivity contribution is -0.387. The first-order valence-corrected chi connectivity index (χ1v) is 6.86. The van der Waals surface area contributed by atoms with Crippen LogP contribution < -0.4 is 10.5 Å². The molecule has 0 aliphatic carbocycles. The third-order valence-corrected chi connectivity index (χ3v) is 4.12. The quantitative estimate of drug-likeness (QED) is 0.619. The molecule has 0 heterocycles. The number of nitrogens with two attached hydrogens (primary N) is 1. The van der Waals surface area contributed by atoms with E-state index in [2.05, 4.69) is 4.72 Å². The van der Waals surface area contributed by atoms with Crippen LogP contribution in [-0.2, 0) is 10.0 Å². The predicted molar refractivity (Wildman–Crippen MR) is 66.5 cm³/mol. The van der Waals surface area contributed by atoms with Crippen LogP contribution in [0, 0.1) is 21.7 Å². The van der Waals surface area contributed by atoms with Crippen LogP contribution in [0.5, 0.6) is 0 Å². The summed E-state index contributed by atoms with van der Waals surface area (Å²) in [6.45, 7) is 2.80. The monoisotopic (exact) mass is 309 g/mol. The van der Waals surface area contributed by atoms with Gasteiger partial charge in [-0.1, -0.05) is 0 Å². The van der Waals surface area contributed by atoms with Crippen molar-refractivity contribution in [1.82, 2.24) is 4.72 Å². The molecule has 0 amide bonds. The molecule has 0 radical (unpaired) electrons. The first kappa shape index (κ1) is 16.4. The maximum absolute atomic E-state index is 13.6. The van der Waals surface area contributed by atoms with Gasteiger partial charge in [-0.05, 0) is 13.8 Å². The molecular weight excluding hydrogens is 296 g/mol. The molecule has 112 valence electrons. The third kappa shape index (κ3) is 3.46. The second-order valence-corrected chi connectivity index (χ2v) is 6.34. The van der Waals surface area contributed by atoms with E-state index in [0.717, 1.165) is 0 Å². The van der Waals surface area contributed by atoms with Gasteiger partial charge in [-0.3, -0.25) is 10.1 Å². The summed E-state index contributed by atoms with van der Waals surface area (Å²) in [5.74, 6) is -2.88. The molecule has 0 bridgehead atoms. The molecule has 0 aliphatic rings. The van der Waals surface area contributed by atoms with Crippen LogP contribution in [0.2, 0.25) is 0 Å². The molecule has 0 atom stereocenters. The van der Waals surface area contributed by atoms with E-state index in [1.54, 1.807) is 0 Å². The van der Waals surface area contributed by atoms with E-state index in [-0.39, 0.29) is 12.6 Å². The van der Waals surface area contributed by atoms with Gasteiger partial charge in [0, 0.05) is 24.2 Å². The minimum absolute atomic E-state index is 0.0862. The van der Waals surface area contributed by atoms with Gasteiger partial charge in [0.25, 0.3) is 0 Å². The highest BCUT2D eigenvalue weighted by Crippen LogP contribution is 2.25. The van der Waals surface area contributed by atoms with Crippen molar-refractivity contribution in [1.29, 1.82) is 0 Å². The van der Waals surface area contributed by atoms with Crippen molar-refractivity contribution in [3.63, 3.8) is 0 Å². The molecule has 0 saturated heterocycles. The van der Waals surface area contributed by atoms with Crippen molar-refractivity contribution in [2.75, 3.05) is 6.54 Å². The number of nitrogens with zero attached hydrogens (tertiary/aromatic N) is 1. The highest BCUT2D eigenvalue weighted by Gasteiger charge is 2.30. The molecule has 0 aromatic heterocycles. The van der Waals surface area contributed by atoms with E-state index in [1.807, 2.05) is 0 Å². The molecule has 1 aromatic carbocycles. The summed E-state index contributed by atoms with van der Waals surface area (Å²) in [6, 6.07) is 0.488. The Labute approximate surface area is 114 Å². The summed E-state index contributed by atoms with van der Waals surface area (Å²) in [7, 11) is -4.41. The molecule has 0 aliphatic heterocycles. The van der Waals surface area contributed by atoms with Gasteiger partial charge in [-0.25, -0.2) is 17.5 Å². The Morgan fingerprint density at radius 2 is 1.90 bits per heavy atom. The molecule has 0 spiro atoms. The predicted octanol–water partition coefficient (Wildman–Crippen LogP) is 0.889. The molecule has 20 heavy (non-hydrogen) atoms. The number of nitro groups is 1. The van der Waals surface area contributed by atoms with Crippen LogP contribution in [0.15, 0.2) is 17.0 Å². The number of hydrogen-bond donors (Lipinski definition) is 2. The zero-order chi connectivity index (χ0) is 15.7. The first-order valence-electron chi connectivity index (χ1n) is 5.37. The molecule has 0 unspecified atom stereocenters. The second kappa shape index (κ2) is 5.38. The summed E-state index contributed by atoms with van der Waals surface area (Å²) in [6.07, 6.45) is 0. The average Bonchev–Trinajstić information content (AvgIpc) is 2.26. The van der Waals surface area contributed by atoms with E-state index in [0.29, 0.717) is 6.07 Å². The lowest BCUT2D eigenvalue weighted by Gasteiger charge is -2.23. The Balaban J connectivity index is 3.39. The summed E-state index contributed by atoms with van der Waals surface area (Å²) in [5.41, 5.74) is 3.13. The maximum atomic E-state index is 13.6. The van der Waals surface area contributed by atoms with E-state index < -0.39 is 42.7 Å². The smallest absolute Gasteiger partial charge is 0.306 e.